The maximum Gasteiger partial charge on any atom is 0.266 e. The molecule has 32 heavy (non-hydrogen) atoms. The van der Waals surface area contributed by atoms with Crippen LogP contribution in [0, 0.1) is 0 Å². The summed E-state index contributed by atoms with van der Waals surface area (Å²) < 4.78 is 1.50. The van der Waals surface area contributed by atoms with Crippen molar-refractivity contribution >= 4 is 51.5 Å². The smallest absolute Gasteiger partial charge is 0.266 e. The van der Waals surface area contributed by atoms with Gasteiger partial charge in [-0.3, -0.25) is 14.2 Å². The van der Waals surface area contributed by atoms with Crippen molar-refractivity contribution in [1.82, 2.24) is 9.55 Å². The second-order valence-electron chi connectivity index (χ2n) is 7.31. The summed E-state index contributed by atoms with van der Waals surface area (Å²) in [4.78, 5) is 32.5. The van der Waals surface area contributed by atoms with Gasteiger partial charge in [-0.2, -0.15) is 0 Å². The lowest BCUT2D eigenvalue weighted by atomic mass is 10.2. The third-order valence-corrected chi connectivity index (χ3v) is 5.98. The molecular formula is C24H21ClN4O2S. The fraction of sp³-hybridized carbons (Fsp3) is 0.125. The van der Waals surface area contributed by atoms with Crippen molar-refractivity contribution < 1.29 is 4.79 Å². The van der Waals surface area contributed by atoms with Gasteiger partial charge in [-0.05, 0) is 54.6 Å². The molecule has 0 saturated carbocycles. The minimum atomic E-state index is -0.208. The van der Waals surface area contributed by atoms with E-state index in [1.54, 1.807) is 42.5 Å². The van der Waals surface area contributed by atoms with Crippen LogP contribution in [0.15, 0.2) is 82.7 Å². The number of nitrogens with zero attached hydrogens (tertiary/aromatic N) is 3. The van der Waals surface area contributed by atoms with E-state index < -0.39 is 0 Å². The highest BCUT2D eigenvalue weighted by molar-refractivity contribution is 7.99. The summed E-state index contributed by atoms with van der Waals surface area (Å²) in [5, 5.41) is 4.32. The average molecular weight is 465 g/mol. The van der Waals surface area contributed by atoms with Crippen molar-refractivity contribution in [3.05, 3.63) is 88.2 Å². The zero-order valence-electron chi connectivity index (χ0n) is 17.6. The molecule has 0 fully saturated rings. The van der Waals surface area contributed by atoms with Gasteiger partial charge in [0.15, 0.2) is 5.16 Å². The van der Waals surface area contributed by atoms with Crippen molar-refractivity contribution in [2.75, 3.05) is 30.1 Å². The molecule has 1 heterocycles. The zero-order chi connectivity index (χ0) is 22.7. The van der Waals surface area contributed by atoms with Gasteiger partial charge in [-0.1, -0.05) is 41.6 Å². The number of halogens is 1. The SMILES string of the molecule is CN(C)c1ccc(NC(=O)CSc2nc3ccccc3c(=O)n2-c2cccc(Cl)c2)cc1. The van der Waals surface area contributed by atoms with Gasteiger partial charge in [0.1, 0.15) is 0 Å². The summed E-state index contributed by atoms with van der Waals surface area (Å²) in [6.45, 7) is 0. The molecule has 4 aromatic rings. The zero-order valence-corrected chi connectivity index (χ0v) is 19.2. The Labute approximate surface area is 194 Å². The summed E-state index contributed by atoms with van der Waals surface area (Å²) in [6, 6.07) is 21.8. The first-order valence-electron chi connectivity index (χ1n) is 9.90. The van der Waals surface area contributed by atoms with Crippen LogP contribution >= 0.6 is 23.4 Å². The van der Waals surface area contributed by atoms with Gasteiger partial charge >= 0.3 is 0 Å². The van der Waals surface area contributed by atoms with Crippen LogP contribution in [-0.4, -0.2) is 35.3 Å². The topological polar surface area (TPSA) is 67.2 Å². The summed E-state index contributed by atoms with van der Waals surface area (Å²) >= 11 is 7.36. The van der Waals surface area contributed by atoms with Crippen molar-refractivity contribution in [3.63, 3.8) is 0 Å². The van der Waals surface area contributed by atoms with Crippen LogP contribution in [0.4, 0.5) is 11.4 Å². The Bertz CT molecular complexity index is 1340. The van der Waals surface area contributed by atoms with E-state index in [1.807, 2.05) is 49.3 Å². The molecule has 3 aromatic carbocycles. The fourth-order valence-corrected chi connectivity index (χ4v) is 4.22. The third kappa shape index (κ3) is 4.79. The number of aromatic nitrogens is 2. The van der Waals surface area contributed by atoms with E-state index in [0.29, 0.717) is 32.5 Å². The van der Waals surface area contributed by atoms with E-state index in [2.05, 4.69) is 10.3 Å². The number of para-hydroxylation sites is 1. The number of fused-ring (bicyclic) bond motifs is 1. The van der Waals surface area contributed by atoms with E-state index in [0.717, 1.165) is 5.69 Å². The largest absolute Gasteiger partial charge is 0.378 e. The summed E-state index contributed by atoms with van der Waals surface area (Å²) in [6.07, 6.45) is 0. The van der Waals surface area contributed by atoms with Gasteiger partial charge in [0.2, 0.25) is 5.91 Å². The first-order valence-corrected chi connectivity index (χ1v) is 11.3. The van der Waals surface area contributed by atoms with E-state index in [1.165, 1.54) is 16.3 Å². The molecule has 0 bridgehead atoms. The highest BCUT2D eigenvalue weighted by Crippen LogP contribution is 2.23. The van der Waals surface area contributed by atoms with E-state index >= 15 is 0 Å². The highest BCUT2D eigenvalue weighted by Gasteiger charge is 2.15. The molecule has 0 spiro atoms. The number of hydrogen-bond acceptors (Lipinski definition) is 5. The van der Waals surface area contributed by atoms with E-state index in [-0.39, 0.29) is 17.2 Å². The van der Waals surface area contributed by atoms with E-state index in [4.69, 9.17) is 11.6 Å². The first-order chi connectivity index (χ1) is 15.4. The number of rotatable bonds is 6. The second kappa shape index (κ2) is 9.46. The van der Waals surface area contributed by atoms with E-state index in [9.17, 15) is 9.59 Å². The second-order valence-corrected chi connectivity index (χ2v) is 8.69. The van der Waals surface area contributed by atoms with Gasteiger partial charge < -0.3 is 10.2 Å². The van der Waals surface area contributed by atoms with Crippen molar-refractivity contribution in [2.24, 2.45) is 0 Å². The molecule has 0 radical (unpaired) electrons. The summed E-state index contributed by atoms with van der Waals surface area (Å²) in [7, 11) is 3.92. The number of benzene rings is 3. The fourth-order valence-electron chi connectivity index (χ4n) is 3.22. The number of amides is 1. The predicted octanol–water partition coefficient (Wildman–Crippen LogP) is 4.84. The molecule has 0 aliphatic heterocycles. The van der Waals surface area contributed by atoms with Crippen molar-refractivity contribution in [3.8, 4) is 5.69 Å². The van der Waals surface area contributed by atoms with Crippen LogP contribution < -0.4 is 15.8 Å². The number of thioether (sulfide) groups is 1. The van der Waals surface area contributed by atoms with Gasteiger partial charge in [-0.15, -0.1) is 0 Å². The number of carbonyl (C=O) groups is 1. The molecule has 1 N–H and O–H groups in total. The van der Waals surface area contributed by atoms with Crippen LogP contribution in [0.25, 0.3) is 16.6 Å². The van der Waals surface area contributed by atoms with Gasteiger partial charge in [-0.25, -0.2) is 4.98 Å². The minimum Gasteiger partial charge on any atom is -0.378 e. The normalized spacial score (nSPS) is 10.8. The molecule has 162 valence electrons. The number of anilines is 2. The maximum absolute atomic E-state index is 13.2. The predicted molar refractivity (Wildman–Crippen MR) is 132 cm³/mol. The molecule has 1 amide bonds. The number of hydrogen-bond donors (Lipinski definition) is 1. The molecule has 0 atom stereocenters. The minimum absolute atomic E-state index is 0.0980. The quantitative estimate of drug-likeness (QED) is 0.327. The Morgan fingerprint density at radius 3 is 2.53 bits per heavy atom. The molecule has 0 aliphatic carbocycles. The molecule has 0 unspecified atom stereocenters. The van der Waals surface area contributed by atoms with Gasteiger partial charge in [0.25, 0.3) is 5.56 Å². The van der Waals surface area contributed by atoms with Crippen molar-refractivity contribution in [1.29, 1.82) is 0 Å². The maximum atomic E-state index is 13.2. The Morgan fingerprint density at radius 2 is 1.81 bits per heavy atom. The van der Waals surface area contributed by atoms with Gasteiger partial charge in [0.05, 0.1) is 22.3 Å². The molecule has 1 aromatic heterocycles. The third-order valence-electron chi connectivity index (χ3n) is 4.81. The number of nitrogens with one attached hydrogen (secondary N) is 1. The lowest BCUT2D eigenvalue weighted by Gasteiger charge is -2.14. The standard InChI is InChI=1S/C24H21ClN4O2S/c1-28(2)18-12-10-17(11-13-18)26-22(30)15-32-24-27-21-9-4-3-8-20(21)23(31)29(24)19-7-5-6-16(25)14-19/h3-14H,15H2,1-2H3,(H,26,30). The molecule has 4 rings (SSSR count). The van der Waals surface area contributed by atoms with Crippen LogP contribution in [0.1, 0.15) is 0 Å². The van der Waals surface area contributed by atoms with Crippen LogP contribution in [-0.2, 0) is 4.79 Å². The Morgan fingerprint density at radius 1 is 1.06 bits per heavy atom. The van der Waals surface area contributed by atoms with Crippen LogP contribution in [0.5, 0.6) is 0 Å². The Kier molecular flexibility index (Phi) is 6.48. The monoisotopic (exact) mass is 464 g/mol. The van der Waals surface area contributed by atoms with Crippen molar-refractivity contribution in [2.45, 2.75) is 5.16 Å². The van der Waals surface area contributed by atoms with Crippen LogP contribution in [0.3, 0.4) is 0 Å². The molecule has 0 saturated heterocycles. The first kappa shape index (κ1) is 21.9. The molecule has 6 nitrogen and oxygen atoms in total. The average Bonchev–Trinajstić information content (AvgIpc) is 2.78. The Hall–Kier alpha value is -3.29. The lowest BCUT2D eigenvalue weighted by molar-refractivity contribution is -0.113. The highest BCUT2D eigenvalue weighted by atomic mass is 35.5. The molecule has 0 aliphatic rings. The molecular weight excluding hydrogens is 444 g/mol. The summed E-state index contributed by atoms with van der Waals surface area (Å²) in [5.41, 5.74) is 2.73. The van der Waals surface area contributed by atoms with Crippen LogP contribution in [0.2, 0.25) is 5.02 Å². The Balaban J connectivity index is 1.61. The lowest BCUT2D eigenvalue weighted by Crippen LogP contribution is -2.23. The number of carbonyl (C=O) groups excluding carboxylic acids is 1. The molecule has 8 heteroatoms. The van der Waals surface area contributed by atoms with Gasteiger partial charge in [0, 0.05) is 30.5 Å². The summed E-state index contributed by atoms with van der Waals surface area (Å²) in [5.74, 6) is -0.0894.